The van der Waals surface area contributed by atoms with Crippen molar-refractivity contribution in [1.29, 1.82) is 0 Å². The van der Waals surface area contributed by atoms with Crippen molar-refractivity contribution < 1.29 is 14.0 Å². The molecule has 1 N–H and O–H groups in total. The van der Waals surface area contributed by atoms with E-state index in [4.69, 9.17) is 0 Å². The van der Waals surface area contributed by atoms with Crippen molar-refractivity contribution in [2.45, 2.75) is 39.7 Å². The summed E-state index contributed by atoms with van der Waals surface area (Å²) in [5.41, 5.74) is 4.89. The second-order valence-corrected chi connectivity index (χ2v) is 7.94. The lowest BCUT2D eigenvalue weighted by atomic mass is 9.96. The molecule has 0 unspecified atom stereocenters. The highest BCUT2D eigenvalue weighted by atomic mass is 19.1. The van der Waals surface area contributed by atoms with Crippen molar-refractivity contribution in [3.05, 3.63) is 70.5 Å². The maximum atomic E-state index is 13.5. The standard InChI is InChI=1S/C24H29FN4O2/c1-5-12-26-24(31)28(4)15-23(30)29-22(18-8-10-20(25)11-9-18)14-21(27-29)19-7-6-16(2)17(3)13-19/h6-11,13,22H,5,12,14-15H2,1-4H3,(H,26,31)/t22-/m0/s1. The SMILES string of the molecule is CCCNC(=O)N(C)CC(=O)N1N=C(c2ccc(C)c(C)c2)C[C@H]1c1ccc(F)cc1. The smallest absolute Gasteiger partial charge is 0.317 e. The van der Waals surface area contributed by atoms with Gasteiger partial charge in [0.2, 0.25) is 0 Å². The Hall–Kier alpha value is -3.22. The van der Waals surface area contributed by atoms with E-state index in [0.717, 1.165) is 28.8 Å². The molecule has 164 valence electrons. The molecular formula is C24H29FN4O2. The van der Waals surface area contributed by atoms with Crippen molar-refractivity contribution in [2.24, 2.45) is 5.10 Å². The second-order valence-electron chi connectivity index (χ2n) is 7.94. The molecule has 3 amide bonds. The fraction of sp³-hybridized carbons (Fsp3) is 0.375. The van der Waals surface area contributed by atoms with Gasteiger partial charge in [-0.3, -0.25) is 4.79 Å². The van der Waals surface area contributed by atoms with Crippen LogP contribution in [-0.4, -0.2) is 47.7 Å². The predicted octanol–water partition coefficient (Wildman–Crippen LogP) is 4.17. The molecule has 31 heavy (non-hydrogen) atoms. The Kier molecular flexibility index (Phi) is 7.05. The van der Waals surface area contributed by atoms with Crippen LogP contribution in [0.1, 0.15) is 48.1 Å². The Labute approximate surface area is 182 Å². The van der Waals surface area contributed by atoms with Gasteiger partial charge >= 0.3 is 6.03 Å². The van der Waals surface area contributed by atoms with Gasteiger partial charge in [-0.1, -0.05) is 31.2 Å². The number of urea groups is 1. The fourth-order valence-corrected chi connectivity index (χ4v) is 3.49. The molecule has 7 heteroatoms. The minimum absolute atomic E-state index is 0.100. The van der Waals surface area contributed by atoms with Gasteiger partial charge in [0.25, 0.3) is 5.91 Å². The van der Waals surface area contributed by atoms with Crippen LogP contribution in [0.5, 0.6) is 0 Å². The van der Waals surface area contributed by atoms with Crippen molar-refractivity contribution in [3.63, 3.8) is 0 Å². The van der Waals surface area contributed by atoms with E-state index in [1.54, 1.807) is 19.2 Å². The van der Waals surface area contributed by atoms with Gasteiger partial charge in [-0.25, -0.2) is 14.2 Å². The van der Waals surface area contributed by atoms with E-state index in [2.05, 4.69) is 16.5 Å². The Morgan fingerprint density at radius 3 is 2.52 bits per heavy atom. The molecule has 0 spiro atoms. The minimum atomic E-state index is -0.350. The number of aryl methyl sites for hydroxylation is 2. The van der Waals surface area contributed by atoms with Crippen LogP contribution in [0.4, 0.5) is 9.18 Å². The molecule has 0 saturated heterocycles. The van der Waals surface area contributed by atoms with Gasteiger partial charge in [0.05, 0.1) is 11.8 Å². The number of amides is 3. The summed E-state index contributed by atoms with van der Waals surface area (Å²) in [6.07, 6.45) is 1.33. The predicted molar refractivity (Wildman–Crippen MR) is 119 cm³/mol. The highest BCUT2D eigenvalue weighted by Crippen LogP contribution is 2.33. The molecule has 2 aromatic carbocycles. The number of benzene rings is 2. The number of likely N-dealkylation sites (N-methyl/N-ethyl adjacent to an activating group) is 1. The molecule has 0 aromatic heterocycles. The number of halogens is 1. The zero-order chi connectivity index (χ0) is 22.5. The van der Waals surface area contributed by atoms with E-state index < -0.39 is 0 Å². The summed E-state index contributed by atoms with van der Waals surface area (Å²) in [5.74, 6) is -0.621. The monoisotopic (exact) mass is 424 g/mol. The quantitative estimate of drug-likeness (QED) is 0.756. The van der Waals surface area contributed by atoms with Crippen LogP contribution in [-0.2, 0) is 4.79 Å². The Morgan fingerprint density at radius 1 is 1.16 bits per heavy atom. The molecule has 1 heterocycles. The second kappa shape index (κ2) is 9.73. The van der Waals surface area contributed by atoms with Gasteiger partial charge in [-0.2, -0.15) is 5.10 Å². The van der Waals surface area contributed by atoms with E-state index in [0.29, 0.717) is 13.0 Å². The first-order valence-corrected chi connectivity index (χ1v) is 10.5. The van der Waals surface area contributed by atoms with Crippen LogP contribution in [0.15, 0.2) is 47.6 Å². The molecule has 0 aliphatic carbocycles. The molecule has 1 aliphatic heterocycles. The maximum Gasteiger partial charge on any atom is 0.317 e. The first-order valence-electron chi connectivity index (χ1n) is 10.5. The molecule has 0 fully saturated rings. The number of nitrogens with one attached hydrogen (secondary N) is 1. The molecule has 0 radical (unpaired) electrons. The summed E-state index contributed by atoms with van der Waals surface area (Å²) in [6, 6.07) is 11.6. The summed E-state index contributed by atoms with van der Waals surface area (Å²) in [5, 5.41) is 8.83. The third-order valence-corrected chi connectivity index (χ3v) is 5.51. The summed E-state index contributed by atoms with van der Waals surface area (Å²) >= 11 is 0. The van der Waals surface area contributed by atoms with E-state index >= 15 is 0 Å². The molecule has 0 saturated carbocycles. The van der Waals surface area contributed by atoms with Crippen LogP contribution >= 0.6 is 0 Å². The third-order valence-electron chi connectivity index (χ3n) is 5.51. The number of carbonyl (C=O) groups excluding carboxylic acids is 2. The van der Waals surface area contributed by atoms with Gasteiger partial charge in [-0.15, -0.1) is 0 Å². The van der Waals surface area contributed by atoms with Crippen molar-refractivity contribution >= 4 is 17.6 Å². The van der Waals surface area contributed by atoms with E-state index in [-0.39, 0.29) is 30.3 Å². The third kappa shape index (κ3) is 5.29. The summed E-state index contributed by atoms with van der Waals surface area (Å²) in [6.45, 7) is 6.50. The highest BCUT2D eigenvalue weighted by Gasteiger charge is 2.34. The highest BCUT2D eigenvalue weighted by molar-refractivity contribution is 6.03. The van der Waals surface area contributed by atoms with Gasteiger partial charge in [-0.05, 0) is 60.7 Å². The molecule has 1 atom stereocenters. The van der Waals surface area contributed by atoms with E-state index in [1.165, 1.54) is 27.6 Å². The van der Waals surface area contributed by atoms with Crippen LogP contribution in [0, 0.1) is 19.7 Å². The lowest BCUT2D eigenvalue weighted by molar-refractivity contribution is -0.133. The Morgan fingerprint density at radius 2 is 1.87 bits per heavy atom. The van der Waals surface area contributed by atoms with Crippen LogP contribution in [0.3, 0.4) is 0 Å². The number of nitrogens with zero attached hydrogens (tertiary/aromatic N) is 3. The molecule has 3 rings (SSSR count). The molecule has 0 bridgehead atoms. The maximum absolute atomic E-state index is 13.5. The lowest BCUT2D eigenvalue weighted by Crippen LogP contribution is -2.43. The number of rotatable bonds is 6. The van der Waals surface area contributed by atoms with E-state index in [9.17, 15) is 14.0 Å². The van der Waals surface area contributed by atoms with E-state index in [1.807, 2.05) is 32.9 Å². The molecule has 2 aromatic rings. The largest absolute Gasteiger partial charge is 0.338 e. The summed E-state index contributed by atoms with van der Waals surface area (Å²) in [7, 11) is 1.58. The normalized spacial score (nSPS) is 15.6. The number of hydrogen-bond acceptors (Lipinski definition) is 3. The van der Waals surface area contributed by atoms with Crippen LogP contribution < -0.4 is 5.32 Å². The summed E-state index contributed by atoms with van der Waals surface area (Å²) in [4.78, 5) is 26.6. The van der Waals surface area contributed by atoms with Crippen molar-refractivity contribution in [3.8, 4) is 0 Å². The van der Waals surface area contributed by atoms with Crippen LogP contribution in [0.25, 0.3) is 0 Å². The minimum Gasteiger partial charge on any atom is -0.338 e. The fourth-order valence-electron chi connectivity index (χ4n) is 3.49. The number of hydrazone groups is 1. The first kappa shape index (κ1) is 22.5. The van der Waals surface area contributed by atoms with Gasteiger partial charge in [0.15, 0.2) is 0 Å². The molecule has 6 nitrogen and oxygen atoms in total. The molecule has 1 aliphatic rings. The van der Waals surface area contributed by atoms with Gasteiger partial charge < -0.3 is 10.2 Å². The zero-order valence-electron chi connectivity index (χ0n) is 18.5. The van der Waals surface area contributed by atoms with Crippen molar-refractivity contribution in [1.82, 2.24) is 15.2 Å². The lowest BCUT2D eigenvalue weighted by Gasteiger charge is -2.25. The van der Waals surface area contributed by atoms with Crippen molar-refractivity contribution in [2.75, 3.05) is 20.1 Å². The first-order chi connectivity index (χ1) is 14.8. The molecular weight excluding hydrogens is 395 g/mol. The average molecular weight is 425 g/mol. The number of hydrogen-bond donors (Lipinski definition) is 1. The number of carbonyl (C=O) groups is 2. The summed E-state index contributed by atoms with van der Waals surface area (Å²) < 4.78 is 13.5. The average Bonchev–Trinajstić information content (AvgIpc) is 3.20. The van der Waals surface area contributed by atoms with Crippen LogP contribution in [0.2, 0.25) is 0 Å². The van der Waals surface area contributed by atoms with Gasteiger partial charge in [0, 0.05) is 20.0 Å². The Balaban J connectivity index is 1.86. The van der Waals surface area contributed by atoms with Gasteiger partial charge in [0.1, 0.15) is 12.4 Å². The Bertz CT molecular complexity index is 988. The topological polar surface area (TPSA) is 65.0 Å². The zero-order valence-corrected chi connectivity index (χ0v) is 18.5.